The maximum absolute atomic E-state index is 13.8. The number of carbonyl (C=O) groups is 2. The van der Waals surface area contributed by atoms with Crippen LogP contribution in [0.4, 0.5) is 18.9 Å². The molecule has 2 aromatic rings. The van der Waals surface area contributed by atoms with Crippen LogP contribution in [0.2, 0.25) is 0 Å². The minimum Gasteiger partial charge on any atom is -0.435 e. The lowest BCUT2D eigenvalue weighted by Crippen LogP contribution is -2.33. The van der Waals surface area contributed by atoms with E-state index in [-0.39, 0.29) is 18.0 Å². The molecule has 0 saturated heterocycles. The molecule has 3 rings (SSSR count). The van der Waals surface area contributed by atoms with Crippen molar-refractivity contribution in [3.05, 3.63) is 65.7 Å². The van der Waals surface area contributed by atoms with Crippen molar-refractivity contribution >= 4 is 28.9 Å². The summed E-state index contributed by atoms with van der Waals surface area (Å²) in [5.41, 5.74) is 1.60. The molecule has 0 N–H and O–H groups in total. The number of ether oxygens (including phenoxy) is 1. The molecule has 1 heterocycles. The van der Waals surface area contributed by atoms with Crippen LogP contribution in [0.5, 0.6) is 5.75 Å². The molecule has 5 nitrogen and oxygen atoms in total. The number of Topliss-reactive ketones (excluding diaryl/α,β-unsaturated/α-hetero) is 1. The smallest absolute Gasteiger partial charge is 0.387 e. The first kappa shape index (κ1) is 21.3. The zero-order valence-corrected chi connectivity index (χ0v) is 16.3. The maximum atomic E-state index is 13.8. The third-order valence-corrected chi connectivity index (χ3v) is 4.59. The van der Waals surface area contributed by atoms with Gasteiger partial charge in [0.2, 0.25) is 0 Å². The monoisotopic (exact) mass is 416 g/mol. The van der Waals surface area contributed by atoms with E-state index in [4.69, 9.17) is 0 Å². The van der Waals surface area contributed by atoms with Crippen LogP contribution in [0.25, 0.3) is 5.83 Å². The van der Waals surface area contributed by atoms with E-state index in [1.165, 1.54) is 30.3 Å². The summed E-state index contributed by atoms with van der Waals surface area (Å²) in [6, 6.07) is 11.9. The number of amides is 1. The zero-order valence-electron chi connectivity index (χ0n) is 16.3. The molecule has 1 aliphatic rings. The van der Waals surface area contributed by atoms with Gasteiger partial charge in [-0.2, -0.15) is 18.9 Å². The quantitative estimate of drug-likeness (QED) is 0.611. The van der Waals surface area contributed by atoms with Crippen LogP contribution in [0.3, 0.4) is 0 Å². The number of alkyl halides is 2. The van der Waals surface area contributed by atoms with E-state index in [0.717, 1.165) is 5.01 Å². The summed E-state index contributed by atoms with van der Waals surface area (Å²) in [4.78, 5) is 25.6. The molecule has 30 heavy (non-hydrogen) atoms. The second-order valence-electron chi connectivity index (χ2n) is 6.68. The number of carbonyl (C=O) groups excluding carboxylic acids is 2. The van der Waals surface area contributed by atoms with Crippen LogP contribution < -0.4 is 9.75 Å². The molecule has 1 unspecified atom stereocenters. The first-order valence-corrected chi connectivity index (χ1v) is 9.18. The van der Waals surface area contributed by atoms with Crippen LogP contribution in [-0.2, 0) is 16.0 Å². The first-order chi connectivity index (χ1) is 14.3. The molecule has 0 bridgehead atoms. The molecule has 156 valence electrons. The van der Waals surface area contributed by atoms with Crippen molar-refractivity contribution in [1.29, 1.82) is 0 Å². The number of ketones is 1. The summed E-state index contributed by atoms with van der Waals surface area (Å²) >= 11 is 0. The minimum atomic E-state index is -2.95. The molecule has 0 aliphatic carbocycles. The van der Waals surface area contributed by atoms with Crippen molar-refractivity contribution in [2.75, 3.05) is 5.01 Å². The van der Waals surface area contributed by atoms with E-state index in [1.807, 2.05) is 0 Å². The van der Waals surface area contributed by atoms with Gasteiger partial charge < -0.3 is 4.74 Å². The van der Waals surface area contributed by atoms with Gasteiger partial charge >= 0.3 is 6.61 Å². The van der Waals surface area contributed by atoms with E-state index >= 15 is 0 Å². The number of allylic oxidation sites excluding steroid dienone is 1. The number of benzene rings is 2. The van der Waals surface area contributed by atoms with Gasteiger partial charge in [-0.05, 0) is 49.7 Å². The topological polar surface area (TPSA) is 59.0 Å². The lowest BCUT2D eigenvalue weighted by Gasteiger charge is -2.14. The number of nitrogens with zero attached hydrogens (tertiary/aromatic N) is 2. The van der Waals surface area contributed by atoms with Gasteiger partial charge in [-0.1, -0.05) is 24.3 Å². The number of hydrogen-bond donors (Lipinski definition) is 0. The highest BCUT2D eigenvalue weighted by atomic mass is 19.3. The molecule has 1 amide bonds. The van der Waals surface area contributed by atoms with E-state index in [9.17, 15) is 22.8 Å². The molecular formula is C22H19F3N2O3. The van der Waals surface area contributed by atoms with Crippen LogP contribution in [0.1, 0.15) is 25.0 Å². The van der Waals surface area contributed by atoms with Crippen LogP contribution >= 0.6 is 0 Å². The highest BCUT2D eigenvalue weighted by Gasteiger charge is 2.39. The fraction of sp³-hybridized carbons (Fsp3) is 0.227. The fourth-order valence-electron chi connectivity index (χ4n) is 3.19. The van der Waals surface area contributed by atoms with Gasteiger partial charge in [0.25, 0.3) is 5.91 Å². The molecule has 1 atom stereocenters. The summed E-state index contributed by atoms with van der Waals surface area (Å²) in [5.74, 6) is -2.40. The minimum absolute atomic E-state index is 0.0525. The molecule has 0 radical (unpaired) electrons. The summed E-state index contributed by atoms with van der Waals surface area (Å²) in [6.45, 7) is 0.196. The maximum Gasteiger partial charge on any atom is 0.387 e. The van der Waals surface area contributed by atoms with Crippen LogP contribution in [0.15, 0.2) is 59.7 Å². The summed E-state index contributed by atoms with van der Waals surface area (Å²) in [7, 11) is 0. The lowest BCUT2D eigenvalue weighted by molar-refractivity contribution is -0.128. The van der Waals surface area contributed by atoms with Crippen molar-refractivity contribution in [3.63, 3.8) is 0 Å². The van der Waals surface area contributed by atoms with Crippen molar-refractivity contribution in [1.82, 2.24) is 0 Å². The Kier molecular flexibility index (Phi) is 6.34. The van der Waals surface area contributed by atoms with Gasteiger partial charge in [0.1, 0.15) is 17.5 Å². The second-order valence-corrected chi connectivity index (χ2v) is 6.68. The Bertz CT molecular complexity index is 1020. The number of anilines is 1. The Morgan fingerprint density at radius 2 is 1.93 bits per heavy atom. The Labute approximate surface area is 171 Å². The molecular weight excluding hydrogens is 397 g/mol. The van der Waals surface area contributed by atoms with E-state index in [2.05, 4.69) is 9.84 Å². The summed E-state index contributed by atoms with van der Waals surface area (Å²) in [5, 5.41) is 5.22. The standard InChI is InChI=1S/C22H19F3N2O3/c1-3-18(23)15-6-4-5-14(11-15)12-19(28)20-13(2)26-27(21(20)29)16-7-9-17(10-8-16)30-22(24)25/h3-11,20,22H,12H2,1-2H3/b18-3+. The SMILES string of the molecule is C/C=C(/F)c1cccc(CC(=O)C2C(=O)N(c3ccc(OC(F)F)cc3)N=C2C)c1. The van der Waals surface area contributed by atoms with Crippen molar-refractivity contribution in [3.8, 4) is 5.75 Å². The Morgan fingerprint density at radius 3 is 2.57 bits per heavy atom. The van der Waals surface area contributed by atoms with E-state index < -0.39 is 24.3 Å². The highest BCUT2D eigenvalue weighted by Crippen LogP contribution is 2.28. The first-order valence-electron chi connectivity index (χ1n) is 9.18. The predicted octanol–water partition coefficient (Wildman–Crippen LogP) is 4.77. The Hall–Kier alpha value is -3.42. The van der Waals surface area contributed by atoms with Crippen molar-refractivity contribution < 1.29 is 27.5 Å². The molecule has 8 heteroatoms. The second kappa shape index (κ2) is 8.94. The average Bonchev–Trinajstić information content (AvgIpc) is 3.01. The van der Waals surface area contributed by atoms with Gasteiger partial charge in [0.05, 0.1) is 11.4 Å². The number of rotatable bonds is 7. The lowest BCUT2D eigenvalue weighted by atomic mass is 9.93. The summed E-state index contributed by atoms with van der Waals surface area (Å²) in [6.07, 6.45) is 1.27. The van der Waals surface area contributed by atoms with E-state index in [0.29, 0.717) is 22.5 Å². The van der Waals surface area contributed by atoms with Crippen LogP contribution in [0, 0.1) is 5.92 Å². The predicted molar refractivity (Wildman–Crippen MR) is 107 cm³/mol. The third-order valence-electron chi connectivity index (χ3n) is 4.59. The van der Waals surface area contributed by atoms with Gasteiger partial charge in [-0.3, -0.25) is 9.59 Å². The number of hydrogen-bond acceptors (Lipinski definition) is 4. The normalized spacial score (nSPS) is 16.8. The molecule has 0 aromatic heterocycles. The van der Waals surface area contributed by atoms with Gasteiger partial charge in [0, 0.05) is 12.0 Å². The van der Waals surface area contributed by atoms with Crippen LogP contribution in [-0.4, -0.2) is 24.0 Å². The number of halogens is 3. The third kappa shape index (κ3) is 4.59. The highest BCUT2D eigenvalue weighted by molar-refractivity contribution is 6.27. The largest absolute Gasteiger partial charge is 0.435 e. The van der Waals surface area contributed by atoms with Crippen molar-refractivity contribution in [2.24, 2.45) is 11.0 Å². The average molecular weight is 416 g/mol. The molecule has 0 spiro atoms. The van der Waals surface area contributed by atoms with Crippen molar-refractivity contribution in [2.45, 2.75) is 26.9 Å². The molecule has 1 aliphatic heterocycles. The molecule has 2 aromatic carbocycles. The van der Waals surface area contributed by atoms with Gasteiger partial charge in [-0.25, -0.2) is 4.39 Å². The van der Waals surface area contributed by atoms with Gasteiger partial charge in [-0.15, -0.1) is 0 Å². The fourth-order valence-corrected chi connectivity index (χ4v) is 3.19. The Morgan fingerprint density at radius 1 is 1.23 bits per heavy atom. The van der Waals surface area contributed by atoms with E-state index in [1.54, 1.807) is 38.1 Å². The number of hydrazone groups is 1. The zero-order chi connectivity index (χ0) is 21.8. The molecule has 0 saturated carbocycles. The Balaban J connectivity index is 1.74. The van der Waals surface area contributed by atoms with Gasteiger partial charge in [0.15, 0.2) is 5.78 Å². The summed E-state index contributed by atoms with van der Waals surface area (Å²) < 4.78 is 42.6. The molecule has 0 fully saturated rings.